The van der Waals surface area contributed by atoms with Crippen molar-refractivity contribution < 1.29 is 37.6 Å². The molecule has 0 fully saturated rings. The van der Waals surface area contributed by atoms with Crippen LogP contribution in [0, 0.1) is 0 Å². The van der Waals surface area contributed by atoms with E-state index in [0.29, 0.717) is 6.42 Å². The van der Waals surface area contributed by atoms with Crippen LogP contribution in [0.25, 0.3) is 0 Å². The van der Waals surface area contributed by atoms with E-state index in [1.165, 1.54) is 141 Å². The fourth-order valence-corrected chi connectivity index (χ4v) is 7.32. The van der Waals surface area contributed by atoms with E-state index in [1.54, 1.807) is 6.92 Å². The van der Waals surface area contributed by atoms with E-state index in [1.807, 2.05) is 0 Å². The maximum absolute atomic E-state index is 12.6. The predicted octanol–water partition coefficient (Wildman–Crippen LogP) is 14.6. The molecule has 0 aliphatic carbocycles. The Bertz CT molecular complexity index is 952. The van der Waals surface area contributed by atoms with Gasteiger partial charge in [-0.1, -0.05) is 173 Å². The molecule has 55 heavy (non-hydrogen) atoms. The van der Waals surface area contributed by atoms with E-state index in [-0.39, 0.29) is 32.0 Å². The Morgan fingerprint density at radius 1 is 0.473 bits per heavy atom. The fraction of sp³-hybridized carbons (Fsp3) is 0.870. The van der Waals surface area contributed by atoms with E-state index in [2.05, 4.69) is 38.2 Å². The van der Waals surface area contributed by atoms with Crippen molar-refractivity contribution in [3.63, 3.8) is 0 Å². The summed E-state index contributed by atoms with van der Waals surface area (Å²) in [5.41, 5.74) is 0. The molecule has 0 aliphatic rings. The summed E-state index contributed by atoms with van der Waals surface area (Å²) in [5, 5.41) is 0. The normalized spacial score (nSPS) is 13.5. The van der Waals surface area contributed by atoms with E-state index in [0.717, 1.165) is 51.4 Å². The van der Waals surface area contributed by atoms with Gasteiger partial charge in [0.2, 0.25) is 0 Å². The van der Waals surface area contributed by atoms with Gasteiger partial charge in [0.15, 0.2) is 6.10 Å². The maximum Gasteiger partial charge on any atom is 0.472 e. The molecule has 2 atom stereocenters. The lowest BCUT2D eigenvalue weighted by Gasteiger charge is -2.19. The first-order chi connectivity index (χ1) is 26.8. The zero-order chi connectivity index (χ0) is 40.3. The molecule has 0 rings (SSSR count). The summed E-state index contributed by atoms with van der Waals surface area (Å²) in [6, 6.07) is 0. The lowest BCUT2D eigenvalue weighted by molar-refractivity contribution is -0.161. The van der Waals surface area contributed by atoms with Gasteiger partial charge in [-0.2, -0.15) is 0 Å². The third-order valence-corrected chi connectivity index (χ3v) is 11.0. The molecule has 0 aliphatic heterocycles. The average Bonchev–Trinajstić information content (AvgIpc) is 3.16. The van der Waals surface area contributed by atoms with Crippen molar-refractivity contribution in [2.24, 2.45) is 0 Å². The number of ether oxygens (including phenoxy) is 2. The van der Waals surface area contributed by atoms with Gasteiger partial charge in [-0.05, 0) is 71.1 Å². The third-order valence-electron chi connectivity index (χ3n) is 9.98. The molecule has 0 aromatic heterocycles. The number of rotatable bonds is 43. The van der Waals surface area contributed by atoms with Crippen LogP contribution in [-0.2, 0) is 32.7 Å². The molecule has 9 heteroatoms. The number of esters is 2. The Balaban J connectivity index is 4.02. The molecule has 0 amide bonds. The quantitative estimate of drug-likeness (QED) is 0.0281. The molecule has 0 heterocycles. The molecule has 324 valence electrons. The third kappa shape index (κ3) is 42.0. The van der Waals surface area contributed by atoms with Crippen molar-refractivity contribution >= 4 is 19.8 Å². The summed E-state index contributed by atoms with van der Waals surface area (Å²) in [6.07, 6.45) is 46.6. The molecular formula is C46H87O8P. The highest BCUT2D eigenvalue weighted by Gasteiger charge is 2.25. The Hall–Kier alpha value is -1.47. The van der Waals surface area contributed by atoms with Crippen LogP contribution in [0.4, 0.5) is 0 Å². The van der Waals surface area contributed by atoms with Crippen LogP contribution >= 0.6 is 7.82 Å². The van der Waals surface area contributed by atoms with Gasteiger partial charge in [-0.15, -0.1) is 0 Å². The van der Waals surface area contributed by atoms with Crippen molar-refractivity contribution in [3.05, 3.63) is 24.3 Å². The summed E-state index contributed by atoms with van der Waals surface area (Å²) in [7, 11) is -4.28. The van der Waals surface area contributed by atoms with Gasteiger partial charge < -0.3 is 14.4 Å². The summed E-state index contributed by atoms with van der Waals surface area (Å²) in [5.74, 6) is -0.802. The van der Waals surface area contributed by atoms with Crippen LogP contribution in [0.1, 0.15) is 233 Å². The summed E-state index contributed by atoms with van der Waals surface area (Å²) >= 11 is 0. The van der Waals surface area contributed by atoms with Gasteiger partial charge in [0.25, 0.3) is 0 Å². The van der Waals surface area contributed by atoms with Crippen LogP contribution in [0.5, 0.6) is 0 Å². The summed E-state index contributed by atoms with van der Waals surface area (Å²) in [6.45, 7) is 5.48. The molecule has 1 N–H and O–H groups in total. The van der Waals surface area contributed by atoms with Gasteiger partial charge in [0.05, 0.1) is 13.2 Å². The fourth-order valence-electron chi connectivity index (χ4n) is 6.56. The molecule has 0 aromatic rings. The first-order valence-corrected chi connectivity index (χ1v) is 24.6. The number of hydrogen-bond acceptors (Lipinski definition) is 7. The van der Waals surface area contributed by atoms with Crippen molar-refractivity contribution in [1.82, 2.24) is 0 Å². The van der Waals surface area contributed by atoms with E-state index in [4.69, 9.17) is 18.5 Å². The van der Waals surface area contributed by atoms with Crippen LogP contribution in [-0.4, -0.2) is 42.8 Å². The number of phosphoric ester groups is 1. The number of phosphoric acid groups is 1. The van der Waals surface area contributed by atoms with Gasteiger partial charge >= 0.3 is 19.8 Å². The molecule has 8 nitrogen and oxygen atoms in total. The topological polar surface area (TPSA) is 108 Å². The predicted molar refractivity (Wildman–Crippen MR) is 230 cm³/mol. The number of allylic oxidation sites excluding steroid dienone is 4. The monoisotopic (exact) mass is 799 g/mol. The van der Waals surface area contributed by atoms with Crippen LogP contribution in [0.2, 0.25) is 0 Å². The largest absolute Gasteiger partial charge is 0.472 e. The highest BCUT2D eigenvalue weighted by molar-refractivity contribution is 7.47. The Morgan fingerprint density at radius 2 is 0.818 bits per heavy atom. The zero-order valence-corrected chi connectivity index (χ0v) is 37.0. The van der Waals surface area contributed by atoms with Crippen molar-refractivity contribution in [1.29, 1.82) is 0 Å². The summed E-state index contributed by atoms with van der Waals surface area (Å²) in [4.78, 5) is 34.8. The lowest BCUT2D eigenvalue weighted by Crippen LogP contribution is -2.29. The van der Waals surface area contributed by atoms with Crippen LogP contribution in [0.15, 0.2) is 24.3 Å². The molecular weight excluding hydrogens is 711 g/mol. The molecule has 0 saturated carbocycles. The van der Waals surface area contributed by atoms with Crippen molar-refractivity contribution in [2.45, 2.75) is 239 Å². The summed E-state index contributed by atoms with van der Waals surface area (Å²) < 4.78 is 32.7. The SMILES string of the molecule is CCCCCCC/C=C\CCCCCCCC(=O)OCC(COP(=O)(O)OCC)OC(=O)CCCCCCCCCCC/C=C\CCCCCCCCCC. The van der Waals surface area contributed by atoms with E-state index >= 15 is 0 Å². The average molecular weight is 799 g/mol. The van der Waals surface area contributed by atoms with E-state index < -0.39 is 26.5 Å². The highest BCUT2D eigenvalue weighted by Crippen LogP contribution is 2.43. The second-order valence-corrected chi connectivity index (χ2v) is 16.9. The van der Waals surface area contributed by atoms with Crippen LogP contribution in [0.3, 0.4) is 0 Å². The smallest absolute Gasteiger partial charge is 0.462 e. The maximum atomic E-state index is 12.6. The standard InChI is InChI=1S/C46H87O8P/c1-4-7-9-11-13-15-17-19-21-22-23-24-25-26-27-29-31-33-35-37-39-41-46(48)54-44(43-53-55(49,50)52-6-3)42-51-45(47)40-38-36-34-32-30-28-20-18-16-14-12-10-8-5-2/h18,20,22-23,44H,4-17,19,21,24-43H2,1-3H3,(H,49,50)/b20-18-,23-22-. The molecule has 0 saturated heterocycles. The van der Waals surface area contributed by atoms with Gasteiger partial charge in [-0.25, -0.2) is 4.57 Å². The number of hydrogen-bond donors (Lipinski definition) is 1. The van der Waals surface area contributed by atoms with Crippen molar-refractivity contribution in [3.8, 4) is 0 Å². The van der Waals surface area contributed by atoms with Crippen LogP contribution < -0.4 is 0 Å². The molecule has 2 unspecified atom stereocenters. The minimum absolute atomic E-state index is 0.000183. The minimum Gasteiger partial charge on any atom is -0.462 e. The highest BCUT2D eigenvalue weighted by atomic mass is 31.2. The number of carbonyl (C=O) groups excluding carboxylic acids is 2. The first kappa shape index (κ1) is 53.5. The first-order valence-electron chi connectivity index (χ1n) is 23.1. The second-order valence-electron chi connectivity index (χ2n) is 15.4. The number of unbranched alkanes of at least 4 members (excludes halogenated alkanes) is 27. The lowest BCUT2D eigenvalue weighted by atomic mass is 10.1. The van der Waals surface area contributed by atoms with Crippen molar-refractivity contribution in [2.75, 3.05) is 19.8 Å². The van der Waals surface area contributed by atoms with Gasteiger partial charge in [0.1, 0.15) is 6.61 Å². The zero-order valence-electron chi connectivity index (χ0n) is 36.1. The Morgan fingerprint density at radius 3 is 1.20 bits per heavy atom. The second kappa shape index (κ2) is 42.1. The minimum atomic E-state index is -4.28. The van der Waals surface area contributed by atoms with Gasteiger partial charge in [-0.3, -0.25) is 18.6 Å². The van der Waals surface area contributed by atoms with Gasteiger partial charge in [0, 0.05) is 12.8 Å². The Labute approximate surface area is 339 Å². The molecule has 0 bridgehead atoms. The molecule has 0 radical (unpaired) electrons. The molecule has 0 aromatic carbocycles. The Kier molecular flexibility index (Phi) is 41.0. The molecule has 0 spiro atoms. The van der Waals surface area contributed by atoms with E-state index in [9.17, 15) is 19.0 Å². The number of carbonyl (C=O) groups is 2.